The van der Waals surface area contributed by atoms with Crippen molar-refractivity contribution in [1.29, 1.82) is 0 Å². The summed E-state index contributed by atoms with van der Waals surface area (Å²) in [6.07, 6.45) is 2.10. The third-order valence-electron chi connectivity index (χ3n) is 2.36. The van der Waals surface area contributed by atoms with Crippen LogP contribution >= 0.6 is 35.7 Å². The summed E-state index contributed by atoms with van der Waals surface area (Å²) in [5.41, 5.74) is 2.56. The van der Waals surface area contributed by atoms with Crippen molar-refractivity contribution in [2.75, 3.05) is 25.6 Å². The second-order valence-corrected chi connectivity index (χ2v) is 4.82. The van der Waals surface area contributed by atoms with E-state index in [1.54, 1.807) is 7.05 Å². The van der Waals surface area contributed by atoms with Gasteiger partial charge in [0.25, 0.3) is 0 Å². The first kappa shape index (κ1) is 17.6. The fourth-order valence-corrected chi connectivity index (χ4v) is 1.81. The first-order valence-corrected chi connectivity index (χ1v) is 7.14. The second-order valence-electron chi connectivity index (χ2n) is 3.83. The number of benzene rings is 1. The van der Waals surface area contributed by atoms with Crippen molar-refractivity contribution in [2.24, 2.45) is 4.99 Å². The quantitative estimate of drug-likeness (QED) is 0.358. The molecule has 0 aromatic heterocycles. The number of aryl methyl sites for hydroxylation is 1. The van der Waals surface area contributed by atoms with Crippen molar-refractivity contribution in [1.82, 2.24) is 10.6 Å². The Kier molecular flexibility index (Phi) is 10.2. The molecule has 102 valence electrons. The average molecular weight is 379 g/mol. The van der Waals surface area contributed by atoms with Crippen LogP contribution in [0.2, 0.25) is 0 Å². The van der Waals surface area contributed by atoms with Gasteiger partial charge in [-0.3, -0.25) is 4.99 Å². The first-order chi connectivity index (χ1) is 8.26. The van der Waals surface area contributed by atoms with Gasteiger partial charge in [0.05, 0.1) is 0 Å². The van der Waals surface area contributed by atoms with Crippen LogP contribution in [0.1, 0.15) is 11.1 Å². The summed E-state index contributed by atoms with van der Waals surface area (Å²) in [7, 11) is 1.80. The molecule has 1 rings (SSSR count). The number of halogens is 1. The van der Waals surface area contributed by atoms with Crippen molar-refractivity contribution in [3.8, 4) is 0 Å². The van der Waals surface area contributed by atoms with E-state index < -0.39 is 0 Å². The Morgan fingerprint density at radius 2 is 2.11 bits per heavy atom. The highest BCUT2D eigenvalue weighted by Crippen LogP contribution is 2.02. The van der Waals surface area contributed by atoms with E-state index in [1.165, 1.54) is 11.1 Å². The van der Waals surface area contributed by atoms with Gasteiger partial charge < -0.3 is 10.6 Å². The summed E-state index contributed by atoms with van der Waals surface area (Å²) in [5.74, 6) is 1.95. The van der Waals surface area contributed by atoms with Gasteiger partial charge in [0.15, 0.2) is 5.96 Å². The molecule has 0 aliphatic carbocycles. The lowest BCUT2D eigenvalue weighted by molar-refractivity contribution is 0.832. The lowest BCUT2D eigenvalue weighted by Crippen LogP contribution is -2.37. The smallest absolute Gasteiger partial charge is 0.191 e. The zero-order valence-electron chi connectivity index (χ0n) is 11.2. The van der Waals surface area contributed by atoms with Crippen molar-refractivity contribution in [3.05, 3.63) is 35.4 Å². The SMILES string of the molecule is CN=C(NCCSC)NCc1cccc(C)c1.I. The minimum Gasteiger partial charge on any atom is -0.356 e. The predicted molar refractivity (Wildman–Crippen MR) is 93.2 cm³/mol. The topological polar surface area (TPSA) is 36.4 Å². The van der Waals surface area contributed by atoms with Crippen molar-refractivity contribution in [3.63, 3.8) is 0 Å². The summed E-state index contributed by atoms with van der Waals surface area (Å²) < 4.78 is 0. The van der Waals surface area contributed by atoms with Gasteiger partial charge >= 0.3 is 0 Å². The highest BCUT2D eigenvalue weighted by Gasteiger charge is 1.97. The molecule has 0 saturated heterocycles. The minimum absolute atomic E-state index is 0. The number of guanidine groups is 1. The largest absolute Gasteiger partial charge is 0.356 e. The molecular weight excluding hydrogens is 357 g/mol. The van der Waals surface area contributed by atoms with Crippen molar-refractivity contribution < 1.29 is 0 Å². The van der Waals surface area contributed by atoms with Gasteiger partial charge in [-0.1, -0.05) is 29.8 Å². The van der Waals surface area contributed by atoms with Crippen molar-refractivity contribution >= 4 is 41.7 Å². The van der Waals surface area contributed by atoms with E-state index in [2.05, 4.69) is 53.1 Å². The first-order valence-electron chi connectivity index (χ1n) is 5.75. The van der Waals surface area contributed by atoms with Crippen LogP contribution in [-0.4, -0.2) is 31.6 Å². The van der Waals surface area contributed by atoms with Gasteiger partial charge in [-0.15, -0.1) is 24.0 Å². The molecule has 0 bridgehead atoms. The van der Waals surface area contributed by atoms with Gasteiger partial charge in [0.1, 0.15) is 0 Å². The Bertz CT molecular complexity index is 369. The van der Waals surface area contributed by atoms with Crippen molar-refractivity contribution in [2.45, 2.75) is 13.5 Å². The Morgan fingerprint density at radius 1 is 1.33 bits per heavy atom. The monoisotopic (exact) mass is 379 g/mol. The van der Waals surface area contributed by atoms with Crippen LogP contribution in [-0.2, 0) is 6.54 Å². The zero-order chi connectivity index (χ0) is 12.5. The number of hydrogen-bond acceptors (Lipinski definition) is 2. The highest BCUT2D eigenvalue weighted by molar-refractivity contribution is 14.0. The summed E-state index contributed by atoms with van der Waals surface area (Å²) in [5, 5.41) is 6.57. The maximum absolute atomic E-state index is 4.18. The molecule has 0 amide bonds. The number of rotatable bonds is 5. The lowest BCUT2D eigenvalue weighted by atomic mass is 10.1. The lowest BCUT2D eigenvalue weighted by Gasteiger charge is -2.11. The molecule has 0 aliphatic heterocycles. The van der Waals surface area contributed by atoms with Gasteiger partial charge in [0, 0.05) is 25.9 Å². The number of thioether (sulfide) groups is 1. The number of nitrogens with one attached hydrogen (secondary N) is 2. The van der Waals surface area contributed by atoms with Crippen LogP contribution < -0.4 is 10.6 Å². The predicted octanol–water partition coefficient (Wildman–Crippen LogP) is 2.64. The van der Waals surface area contributed by atoms with Crippen LogP contribution in [0.25, 0.3) is 0 Å². The molecule has 0 fully saturated rings. The number of nitrogens with zero attached hydrogens (tertiary/aromatic N) is 1. The Hall–Kier alpha value is -0.430. The molecule has 0 unspecified atom stereocenters. The number of aliphatic imine (C=N–C) groups is 1. The zero-order valence-corrected chi connectivity index (χ0v) is 14.3. The summed E-state index contributed by atoms with van der Waals surface area (Å²) in [6, 6.07) is 8.49. The van der Waals surface area contributed by atoms with Crippen LogP contribution in [0.5, 0.6) is 0 Å². The third kappa shape index (κ3) is 7.10. The molecule has 0 spiro atoms. The fraction of sp³-hybridized carbons (Fsp3) is 0.462. The van der Waals surface area contributed by atoms with Gasteiger partial charge in [-0.05, 0) is 18.7 Å². The van der Waals surface area contributed by atoms with E-state index in [0.717, 1.165) is 24.8 Å². The molecule has 0 atom stereocenters. The molecule has 3 nitrogen and oxygen atoms in total. The molecule has 18 heavy (non-hydrogen) atoms. The van der Waals surface area contributed by atoms with Crippen LogP contribution in [0.3, 0.4) is 0 Å². The summed E-state index contributed by atoms with van der Waals surface area (Å²) in [6.45, 7) is 3.85. The molecule has 0 heterocycles. The maximum Gasteiger partial charge on any atom is 0.191 e. The molecule has 0 aliphatic rings. The molecule has 2 N–H and O–H groups in total. The van der Waals surface area contributed by atoms with Crippen LogP contribution in [0.15, 0.2) is 29.3 Å². The fourth-order valence-electron chi connectivity index (χ4n) is 1.50. The molecule has 0 radical (unpaired) electrons. The van der Waals surface area contributed by atoms with Gasteiger partial charge in [-0.25, -0.2) is 0 Å². The normalized spacial score (nSPS) is 10.7. The Labute approximate surface area is 131 Å². The van der Waals surface area contributed by atoms with E-state index in [1.807, 2.05) is 11.8 Å². The molecule has 5 heteroatoms. The molecule has 0 saturated carbocycles. The summed E-state index contributed by atoms with van der Waals surface area (Å²) in [4.78, 5) is 4.18. The second kappa shape index (κ2) is 10.5. The third-order valence-corrected chi connectivity index (χ3v) is 2.98. The Morgan fingerprint density at radius 3 is 2.72 bits per heavy atom. The van der Waals surface area contributed by atoms with E-state index in [4.69, 9.17) is 0 Å². The highest BCUT2D eigenvalue weighted by atomic mass is 127. The Balaban J connectivity index is 0.00000289. The molecule has 1 aromatic rings. The van der Waals surface area contributed by atoms with Crippen LogP contribution in [0, 0.1) is 6.92 Å². The van der Waals surface area contributed by atoms with E-state index >= 15 is 0 Å². The van der Waals surface area contributed by atoms with E-state index in [0.29, 0.717) is 0 Å². The number of hydrogen-bond donors (Lipinski definition) is 2. The summed E-state index contributed by atoms with van der Waals surface area (Å²) >= 11 is 1.83. The van der Waals surface area contributed by atoms with E-state index in [-0.39, 0.29) is 24.0 Å². The molecule has 1 aromatic carbocycles. The maximum atomic E-state index is 4.18. The van der Waals surface area contributed by atoms with Crippen LogP contribution in [0.4, 0.5) is 0 Å². The van der Waals surface area contributed by atoms with Gasteiger partial charge in [-0.2, -0.15) is 11.8 Å². The molecular formula is C13H22IN3S. The standard InChI is InChI=1S/C13H21N3S.HI/c1-11-5-4-6-12(9-11)10-16-13(14-2)15-7-8-17-3;/h4-6,9H,7-8,10H2,1-3H3,(H2,14,15,16);1H. The minimum atomic E-state index is 0. The van der Waals surface area contributed by atoms with Gasteiger partial charge in [0.2, 0.25) is 0 Å². The van der Waals surface area contributed by atoms with E-state index in [9.17, 15) is 0 Å². The average Bonchev–Trinajstić information content (AvgIpc) is 2.34.